The van der Waals surface area contributed by atoms with Crippen molar-refractivity contribution >= 4 is 5.91 Å². The van der Waals surface area contributed by atoms with E-state index in [4.69, 9.17) is 0 Å². The average Bonchev–Trinajstić information content (AvgIpc) is 2.46. The van der Waals surface area contributed by atoms with Crippen molar-refractivity contribution in [1.82, 2.24) is 0 Å². The molecular formula is C20H42ClNO. The normalized spacial score (nSPS) is 10.8. The Morgan fingerprint density at radius 3 is 1.26 bits per heavy atom. The zero-order chi connectivity index (χ0) is 16.5. The van der Waals surface area contributed by atoms with Gasteiger partial charge in [-0.15, -0.1) is 0 Å². The van der Waals surface area contributed by atoms with Gasteiger partial charge >= 0.3 is 5.91 Å². The first-order chi connectivity index (χ1) is 10.6. The summed E-state index contributed by atoms with van der Waals surface area (Å²) < 4.78 is 0. The van der Waals surface area contributed by atoms with E-state index < -0.39 is 0 Å². The first-order valence-corrected chi connectivity index (χ1v) is 9.97. The average molecular weight is 348 g/mol. The minimum atomic E-state index is 0. The number of amides is 1. The fourth-order valence-corrected chi connectivity index (χ4v) is 3.00. The minimum absolute atomic E-state index is 0. The van der Waals surface area contributed by atoms with E-state index in [1.54, 1.807) is 0 Å². The van der Waals surface area contributed by atoms with Gasteiger partial charge in [-0.2, -0.15) is 0 Å². The highest BCUT2D eigenvalue weighted by Crippen LogP contribution is 2.14. The standard InChI is InChI=1S/C20H41NO.ClH/c1-19(2)17-15-13-11-9-7-5-3-4-6-8-10-12-14-16-18-20(21)22;/h19H,3-18H2,1-2H3,(H2,21,22);1H. The highest BCUT2D eigenvalue weighted by atomic mass is 35.5. The number of halogens is 1. The van der Waals surface area contributed by atoms with Crippen molar-refractivity contribution in [1.29, 1.82) is 0 Å². The van der Waals surface area contributed by atoms with Crippen molar-refractivity contribution in [3.8, 4) is 0 Å². The van der Waals surface area contributed by atoms with Gasteiger partial charge in [0.05, 0.1) is 6.42 Å². The van der Waals surface area contributed by atoms with Crippen molar-refractivity contribution in [2.75, 3.05) is 0 Å². The predicted molar refractivity (Wildman–Crippen MR) is 96.6 cm³/mol. The van der Waals surface area contributed by atoms with Gasteiger partial charge in [0.1, 0.15) is 0 Å². The summed E-state index contributed by atoms with van der Waals surface area (Å²) in [5, 5.41) is 0. The van der Waals surface area contributed by atoms with E-state index in [9.17, 15) is 4.79 Å². The van der Waals surface area contributed by atoms with Crippen molar-refractivity contribution in [2.45, 2.75) is 117 Å². The van der Waals surface area contributed by atoms with Gasteiger partial charge in [-0.05, 0) is 12.3 Å². The van der Waals surface area contributed by atoms with E-state index in [0.717, 1.165) is 12.3 Å². The lowest BCUT2D eigenvalue weighted by Crippen LogP contribution is -3.00. The molecule has 3 heteroatoms. The van der Waals surface area contributed by atoms with E-state index >= 15 is 0 Å². The molecule has 0 rings (SSSR count). The lowest BCUT2D eigenvalue weighted by molar-refractivity contribution is -0.305. The number of carbonyl (C=O) groups is 1. The summed E-state index contributed by atoms with van der Waals surface area (Å²) in [5.41, 5.74) is 3.41. The largest absolute Gasteiger partial charge is 1.00 e. The lowest BCUT2D eigenvalue weighted by Gasteiger charge is -2.05. The summed E-state index contributed by atoms with van der Waals surface area (Å²) in [4.78, 5) is 10.7. The maximum absolute atomic E-state index is 10.7. The highest BCUT2D eigenvalue weighted by molar-refractivity contribution is 5.63. The third-order valence-electron chi connectivity index (χ3n) is 4.49. The Morgan fingerprint density at radius 1 is 0.652 bits per heavy atom. The molecule has 0 saturated carbocycles. The number of rotatable bonds is 17. The van der Waals surface area contributed by atoms with Crippen LogP contribution in [0.3, 0.4) is 0 Å². The molecule has 2 nitrogen and oxygen atoms in total. The van der Waals surface area contributed by atoms with Gasteiger partial charge in [-0.1, -0.05) is 104 Å². The van der Waals surface area contributed by atoms with Crippen LogP contribution in [0, 0.1) is 5.92 Å². The lowest BCUT2D eigenvalue weighted by atomic mass is 10.0. The molecule has 0 aliphatic rings. The van der Waals surface area contributed by atoms with Gasteiger partial charge in [-0.3, -0.25) is 5.73 Å². The number of hydrogen-bond acceptors (Lipinski definition) is 1. The smallest absolute Gasteiger partial charge is 0.308 e. The molecule has 140 valence electrons. The van der Waals surface area contributed by atoms with Gasteiger partial charge < -0.3 is 12.4 Å². The third kappa shape index (κ3) is 24.3. The van der Waals surface area contributed by atoms with Crippen LogP contribution >= 0.6 is 0 Å². The molecular weight excluding hydrogens is 306 g/mol. The molecule has 0 aromatic carbocycles. The Hall–Kier alpha value is -0.0800. The van der Waals surface area contributed by atoms with Crippen molar-refractivity contribution in [3.63, 3.8) is 0 Å². The maximum atomic E-state index is 10.7. The quantitative estimate of drug-likeness (QED) is 0.404. The molecule has 0 atom stereocenters. The van der Waals surface area contributed by atoms with Gasteiger partial charge in [0.25, 0.3) is 0 Å². The summed E-state index contributed by atoms with van der Waals surface area (Å²) in [6, 6.07) is 0. The Morgan fingerprint density at radius 2 is 0.957 bits per heavy atom. The van der Waals surface area contributed by atoms with Crippen molar-refractivity contribution in [3.05, 3.63) is 0 Å². The first kappa shape index (κ1) is 25.2. The molecule has 0 aromatic heterocycles. The summed E-state index contributed by atoms with van der Waals surface area (Å²) in [7, 11) is 0. The monoisotopic (exact) mass is 347 g/mol. The molecule has 0 fully saturated rings. The summed E-state index contributed by atoms with van der Waals surface area (Å²) in [6.45, 7) is 4.65. The molecule has 0 radical (unpaired) electrons. The molecule has 0 bridgehead atoms. The molecule has 0 spiro atoms. The summed E-state index contributed by atoms with van der Waals surface area (Å²) in [6.07, 6.45) is 21.3. The van der Waals surface area contributed by atoms with Gasteiger partial charge in [0, 0.05) is 0 Å². The molecule has 0 saturated heterocycles. The van der Waals surface area contributed by atoms with Gasteiger partial charge in [0.2, 0.25) is 0 Å². The molecule has 23 heavy (non-hydrogen) atoms. The molecule has 0 unspecified atom stereocenters. The van der Waals surface area contributed by atoms with Crippen LogP contribution in [0.4, 0.5) is 0 Å². The number of quaternary nitrogens is 1. The van der Waals surface area contributed by atoms with Gasteiger partial charge in [-0.25, -0.2) is 4.79 Å². The van der Waals surface area contributed by atoms with Crippen LogP contribution in [0.5, 0.6) is 0 Å². The molecule has 3 N–H and O–H groups in total. The SMILES string of the molecule is CC(C)CCCCCCCCCCCCCCCCC([NH3+])=O.[Cl-]. The Balaban J connectivity index is 0. The van der Waals surface area contributed by atoms with Crippen LogP contribution in [0.1, 0.15) is 117 Å². The topological polar surface area (TPSA) is 44.7 Å². The number of unbranched alkanes of at least 4 members (excludes halogenated alkanes) is 13. The van der Waals surface area contributed by atoms with E-state index in [0.29, 0.717) is 6.42 Å². The van der Waals surface area contributed by atoms with E-state index in [1.165, 1.54) is 89.9 Å². The molecule has 0 aliphatic carbocycles. The predicted octanol–water partition coefficient (Wildman–Crippen LogP) is 2.66. The van der Waals surface area contributed by atoms with E-state index in [2.05, 4.69) is 19.6 Å². The molecule has 0 aromatic rings. The Bertz CT molecular complexity index is 244. The van der Waals surface area contributed by atoms with E-state index in [-0.39, 0.29) is 18.3 Å². The fraction of sp³-hybridized carbons (Fsp3) is 0.950. The van der Waals surface area contributed by atoms with E-state index in [1.807, 2.05) is 0 Å². The van der Waals surface area contributed by atoms with Crippen LogP contribution in [0.2, 0.25) is 0 Å². The van der Waals surface area contributed by atoms with Crippen LogP contribution in [-0.4, -0.2) is 5.91 Å². The molecule has 0 heterocycles. The van der Waals surface area contributed by atoms with Crippen LogP contribution < -0.4 is 18.1 Å². The minimum Gasteiger partial charge on any atom is -1.00 e. The van der Waals surface area contributed by atoms with Crippen LogP contribution in [-0.2, 0) is 4.79 Å². The second-order valence-corrected chi connectivity index (χ2v) is 7.42. The first-order valence-electron chi connectivity index (χ1n) is 9.97. The Labute approximate surface area is 151 Å². The number of hydrogen-bond donors (Lipinski definition) is 1. The zero-order valence-electron chi connectivity index (χ0n) is 15.9. The second kappa shape index (κ2) is 20.0. The van der Waals surface area contributed by atoms with Crippen LogP contribution in [0.15, 0.2) is 0 Å². The van der Waals surface area contributed by atoms with Crippen LogP contribution in [0.25, 0.3) is 0 Å². The fourth-order valence-electron chi connectivity index (χ4n) is 3.00. The zero-order valence-corrected chi connectivity index (χ0v) is 16.6. The maximum Gasteiger partial charge on any atom is 0.308 e. The summed E-state index contributed by atoms with van der Waals surface area (Å²) in [5.74, 6) is 0.978. The van der Waals surface area contributed by atoms with Crippen molar-refractivity contribution < 1.29 is 22.9 Å². The second-order valence-electron chi connectivity index (χ2n) is 7.42. The van der Waals surface area contributed by atoms with Gasteiger partial charge in [0.15, 0.2) is 0 Å². The Kier molecular flexibility index (Phi) is 21.8. The molecule has 1 amide bonds. The third-order valence-corrected chi connectivity index (χ3v) is 4.49. The molecule has 0 aliphatic heterocycles. The highest BCUT2D eigenvalue weighted by Gasteiger charge is 1.98. The van der Waals surface area contributed by atoms with Crippen molar-refractivity contribution in [2.24, 2.45) is 5.92 Å². The number of carbonyl (C=O) groups excluding carboxylic acids is 1. The summed E-state index contributed by atoms with van der Waals surface area (Å²) >= 11 is 0.